The van der Waals surface area contributed by atoms with Crippen molar-refractivity contribution >= 4 is 23.6 Å². The molecule has 2 N–H and O–H groups in total. The van der Waals surface area contributed by atoms with Crippen molar-refractivity contribution in [3.8, 4) is 5.75 Å². The van der Waals surface area contributed by atoms with E-state index in [-0.39, 0.29) is 18.9 Å². The van der Waals surface area contributed by atoms with Crippen LogP contribution in [-0.4, -0.2) is 71.6 Å². The monoisotopic (exact) mass is 348 g/mol. The average Bonchev–Trinajstić information content (AvgIpc) is 2.58. The number of pyridine rings is 1. The van der Waals surface area contributed by atoms with Gasteiger partial charge in [-0.1, -0.05) is 0 Å². The molecule has 2 fully saturated rings. The first-order chi connectivity index (χ1) is 12.0. The quantitative estimate of drug-likeness (QED) is 0.683. The van der Waals surface area contributed by atoms with Crippen molar-refractivity contribution in [3.63, 3.8) is 0 Å². The molecule has 2 amide bonds. The molecule has 134 valence electrons. The van der Waals surface area contributed by atoms with Crippen LogP contribution in [0.15, 0.2) is 18.3 Å². The fourth-order valence-electron chi connectivity index (χ4n) is 2.91. The van der Waals surface area contributed by atoms with Gasteiger partial charge in [0.1, 0.15) is 11.6 Å². The molecular formula is C16H20N4O5. The van der Waals surface area contributed by atoms with E-state index >= 15 is 0 Å². The highest BCUT2D eigenvalue weighted by molar-refractivity contribution is 5.99. The number of aromatic nitrogens is 1. The molecule has 1 aromatic rings. The van der Waals surface area contributed by atoms with Gasteiger partial charge in [0, 0.05) is 39.0 Å². The first-order valence-corrected chi connectivity index (χ1v) is 8.17. The smallest absolute Gasteiger partial charge is 0.317 e. The first-order valence-electron chi connectivity index (χ1n) is 8.17. The van der Waals surface area contributed by atoms with Crippen LogP contribution in [0.1, 0.15) is 12.8 Å². The third kappa shape index (κ3) is 4.44. The number of piperazine rings is 1. The summed E-state index contributed by atoms with van der Waals surface area (Å²) >= 11 is 0. The summed E-state index contributed by atoms with van der Waals surface area (Å²) in [6.45, 7) is 2.80. The Morgan fingerprint density at radius 2 is 2.04 bits per heavy atom. The summed E-state index contributed by atoms with van der Waals surface area (Å²) < 4.78 is 5.60. The van der Waals surface area contributed by atoms with E-state index in [1.165, 1.54) is 0 Å². The summed E-state index contributed by atoms with van der Waals surface area (Å²) in [6, 6.07) is 3.56. The number of imide groups is 1. The molecule has 1 atom stereocenters. The lowest BCUT2D eigenvalue weighted by atomic mass is 10.1. The van der Waals surface area contributed by atoms with Gasteiger partial charge in [-0.05, 0) is 12.1 Å². The van der Waals surface area contributed by atoms with E-state index in [1.54, 1.807) is 12.3 Å². The molecule has 0 aromatic carbocycles. The van der Waals surface area contributed by atoms with Crippen LogP contribution in [0.4, 0.5) is 5.82 Å². The molecule has 0 bridgehead atoms. The van der Waals surface area contributed by atoms with Crippen molar-refractivity contribution in [3.05, 3.63) is 18.3 Å². The van der Waals surface area contributed by atoms with E-state index in [0.717, 1.165) is 5.82 Å². The highest BCUT2D eigenvalue weighted by atomic mass is 16.5. The molecule has 0 aliphatic carbocycles. The summed E-state index contributed by atoms with van der Waals surface area (Å²) in [5.74, 6) is -0.259. The lowest BCUT2D eigenvalue weighted by Gasteiger charge is -2.34. The average molecular weight is 348 g/mol. The highest BCUT2D eigenvalue weighted by Gasteiger charge is 2.28. The number of carboxylic acid groups (broad SMARTS) is 1. The van der Waals surface area contributed by atoms with Crippen molar-refractivity contribution in [2.75, 3.05) is 37.6 Å². The van der Waals surface area contributed by atoms with Crippen LogP contribution in [0.25, 0.3) is 0 Å². The number of carbonyl (C=O) groups is 3. The van der Waals surface area contributed by atoms with E-state index in [9.17, 15) is 14.4 Å². The van der Waals surface area contributed by atoms with Gasteiger partial charge < -0.3 is 14.7 Å². The molecule has 25 heavy (non-hydrogen) atoms. The Labute approximate surface area is 144 Å². The van der Waals surface area contributed by atoms with Crippen LogP contribution in [0.3, 0.4) is 0 Å². The van der Waals surface area contributed by atoms with Crippen LogP contribution in [0, 0.1) is 0 Å². The van der Waals surface area contributed by atoms with Gasteiger partial charge in [-0.25, -0.2) is 4.98 Å². The minimum absolute atomic E-state index is 0.0556. The molecule has 9 nitrogen and oxygen atoms in total. The SMILES string of the molecule is O=C(O)CN1CCN(c2ccc(OC3CCC(=O)NC3=O)cn2)CC1. The molecule has 2 aliphatic rings. The summed E-state index contributed by atoms with van der Waals surface area (Å²) in [6.07, 6.45) is 1.51. The Balaban J connectivity index is 1.53. The lowest BCUT2D eigenvalue weighted by molar-refractivity contribution is -0.139. The number of amides is 2. The van der Waals surface area contributed by atoms with Gasteiger partial charge >= 0.3 is 5.97 Å². The van der Waals surface area contributed by atoms with E-state index in [4.69, 9.17) is 9.84 Å². The Bertz CT molecular complexity index is 655. The van der Waals surface area contributed by atoms with Gasteiger partial charge in [-0.15, -0.1) is 0 Å². The first kappa shape index (κ1) is 17.2. The fourth-order valence-corrected chi connectivity index (χ4v) is 2.91. The van der Waals surface area contributed by atoms with Gasteiger partial charge in [0.05, 0.1) is 12.7 Å². The number of anilines is 1. The molecule has 2 saturated heterocycles. The number of nitrogens with one attached hydrogen (secondary N) is 1. The number of aliphatic carboxylic acids is 1. The molecule has 0 saturated carbocycles. The Kier molecular flexibility index (Phi) is 5.13. The standard InChI is InChI=1S/C16H20N4O5/c21-14-4-2-12(16(24)18-14)25-11-1-3-13(17-9-11)20-7-5-19(6-8-20)10-15(22)23/h1,3,9,12H,2,4-8,10H2,(H,22,23)(H,18,21,24). The number of nitrogens with zero attached hydrogens (tertiary/aromatic N) is 3. The molecule has 3 rings (SSSR count). The third-order valence-corrected chi connectivity index (χ3v) is 4.24. The van der Waals surface area contributed by atoms with Crippen molar-refractivity contribution in [1.29, 1.82) is 0 Å². The van der Waals surface area contributed by atoms with Crippen molar-refractivity contribution in [2.45, 2.75) is 18.9 Å². The minimum Gasteiger partial charge on any atom is -0.480 e. The minimum atomic E-state index is -0.818. The predicted octanol–water partition coefficient (Wildman–Crippen LogP) is -0.528. The van der Waals surface area contributed by atoms with E-state index in [0.29, 0.717) is 38.3 Å². The number of ether oxygens (including phenoxy) is 1. The number of carboxylic acids is 1. The van der Waals surface area contributed by atoms with Gasteiger partial charge in [0.25, 0.3) is 5.91 Å². The van der Waals surface area contributed by atoms with E-state index < -0.39 is 18.0 Å². The van der Waals surface area contributed by atoms with Crippen LogP contribution in [0.5, 0.6) is 5.75 Å². The molecule has 2 aliphatic heterocycles. The maximum Gasteiger partial charge on any atom is 0.317 e. The van der Waals surface area contributed by atoms with Crippen molar-refractivity contribution in [1.82, 2.24) is 15.2 Å². The fraction of sp³-hybridized carbons (Fsp3) is 0.500. The number of piperidine rings is 1. The van der Waals surface area contributed by atoms with Crippen molar-refractivity contribution < 1.29 is 24.2 Å². The highest BCUT2D eigenvalue weighted by Crippen LogP contribution is 2.20. The van der Waals surface area contributed by atoms with Crippen LogP contribution in [-0.2, 0) is 14.4 Å². The third-order valence-electron chi connectivity index (χ3n) is 4.24. The van der Waals surface area contributed by atoms with Gasteiger partial charge in [-0.3, -0.25) is 24.6 Å². The number of hydrogen-bond acceptors (Lipinski definition) is 7. The molecule has 1 unspecified atom stereocenters. The Hall–Kier alpha value is -2.68. The van der Waals surface area contributed by atoms with E-state index in [1.807, 2.05) is 11.0 Å². The van der Waals surface area contributed by atoms with Gasteiger partial charge in [-0.2, -0.15) is 0 Å². The zero-order valence-electron chi connectivity index (χ0n) is 13.7. The van der Waals surface area contributed by atoms with Crippen LogP contribution in [0.2, 0.25) is 0 Å². The molecule has 9 heteroatoms. The summed E-state index contributed by atoms with van der Waals surface area (Å²) in [7, 11) is 0. The molecule has 0 radical (unpaired) electrons. The summed E-state index contributed by atoms with van der Waals surface area (Å²) in [5.41, 5.74) is 0. The predicted molar refractivity (Wildman–Crippen MR) is 87.3 cm³/mol. The Morgan fingerprint density at radius 3 is 2.64 bits per heavy atom. The van der Waals surface area contributed by atoms with Crippen LogP contribution >= 0.6 is 0 Å². The number of hydrogen-bond donors (Lipinski definition) is 2. The van der Waals surface area contributed by atoms with Gasteiger partial charge in [0.2, 0.25) is 5.91 Å². The zero-order valence-corrected chi connectivity index (χ0v) is 13.7. The normalized spacial score (nSPS) is 21.8. The topological polar surface area (TPSA) is 112 Å². The number of carbonyl (C=O) groups excluding carboxylic acids is 2. The zero-order chi connectivity index (χ0) is 17.8. The maximum absolute atomic E-state index is 11.7. The summed E-state index contributed by atoms with van der Waals surface area (Å²) in [4.78, 5) is 41.9. The van der Waals surface area contributed by atoms with Crippen molar-refractivity contribution in [2.24, 2.45) is 0 Å². The molecule has 1 aromatic heterocycles. The Morgan fingerprint density at radius 1 is 1.28 bits per heavy atom. The summed E-state index contributed by atoms with van der Waals surface area (Å²) in [5, 5.41) is 11.1. The largest absolute Gasteiger partial charge is 0.480 e. The second kappa shape index (κ2) is 7.47. The molecule has 0 spiro atoms. The second-order valence-corrected chi connectivity index (χ2v) is 6.07. The van der Waals surface area contributed by atoms with Gasteiger partial charge in [0.15, 0.2) is 6.10 Å². The number of rotatable bonds is 5. The molecule has 3 heterocycles. The maximum atomic E-state index is 11.7. The van der Waals surface area contributed by atoms with Crippen LogP contribution < -0.4 is 15.0 Å². The second-order valence-electron chi connectivity index (χ2n) is 6.07. The van der Waals surface area contributed by atoms with E-state index in [2.05, 4.69) is 15.2 Å². The molecular weight excluding hydrogens is 328 g/mol. The lowest BCUT2D eigenvalue weighted by Crippen LogP contribution is -2.48.